The summed E-state index contributed by atoms with van der Waals surface area (Å²) in [6.45, 7) is -0.0104. The molecule has 0 aliphatic heterocycles. The Morgan fingerprint density at radius 1 is 1.38 bits per heavy atom. The van der Waals surface area contributed by atoms with Gasteiger partial charge in [-0.15, -0.1) is 11.8 Å². The Hall–Kier alpha value is -1.24. The monoisotopic (exact) mass is 233 g/mol. The molecule has 0 aliphatic carbocycles. The molecule has 1 aromatic rings. The van der Waals surface area contributed by atoms with Gasteiger partial charge in [-0.1, -0.05) is 18.2 Å². The molecule has 0 amide bonds. The number of allylic oxidation sites excluding steroid dienone is 1. The van der Waals surface area contributed by atoms with Crippen LogP contribution in [0.4, 0.5) is 0 Å². The van der Waals surface area contributed by atoms with Crippen LogP contribution in [-0.4, -0.2) is 17.5 Å². The molecule has 1 N–H and O–H groups in total. The summed E-state index contributed by atoms with van der Waals surface area (Å²) in [5.74, 6) is 1.01. The molecular weight excluding hydrogens is 218 g/mol. The van der Waals surface area contributed by atoms with E-state index in [-0.39, 0.29) is 6.61 Å². The van der Waals surface area contributed by atoms with Crippen molar-refractivity contribution in [3.05, 3.63) is 42.0 Å². The van der Waals surface area contributed by atoms with Crippen LogP contribution < -0.4 is 0 Å². The topological polar surface area (TPSA) is 44.0 Å². The van der Waals surface area contributed by atoms with Crippen LogP contribution in [-0.2, 0) is 0 Å². The summed E-state index contributed by atoms with van der Waals surface area (Å²) < 4.78 is 0. The molecule has 0 saturated heterocycles. The van der Waals surface area contributed by atoms with E-state index >= 15 is 0 Å². The molecule has 1 rings (SSSR count). The fourth-order valence-corrected chi connectivity index (χ4v) is 2.17. The molecule has 3 heteroatoms. The van der Waals surface area contributed by atoms with Gasteiger partial charge in [0.15, 0.2) is 0 Å². The van der Waals surface area contributed by atoms with Gasteiger partial charge in [-0.2, -0.15) is 5.26 Å². The molecule has 0 fully saturated rings. The molecule has 0 heterocycles. The van der Waals surface area contributed by atoms with E-state index in [9.17, 15) is 0 Å². The summed E-state index contributed by atoms with van der Waals surface area (Å²) in [6, 6.07) is 12.2. The van der Waals surface area contributed by atoms with Crippen molar-refractivity contribution >= 4 is 11.8 Å². The smallest absolute Gasteiger partial charge is 0.0912 e. The van der Waals surface area contributed by atoms with Gasteiger partial charge in [-0.25, -0.2) is 0 Å². The Morgan fingerprint density at radius 2 is 2.12 bits per heavy atom. The minimum atomic E-state index is -0.0104. The highest BCUT2D eigenvalue weighted by Gasteiger charge is 1.97. The van der Waals surface area contributed by atoms with Crippen LogP contribution in [0.3, 0.4) is 0 Å². The average Bonchev–Trinajstić information content (AvgIpc) is 2.34. The predicted molar refractivity (Wildman–Crippen MR) is 67.2 cm³/mol. The van der Waals surface area contributed by atoms with Crippen molar-refractivity contribution < 1.29 is 5.11 Å². The third kappa shape index (κ3) is 5.01. The van der Waals surface area contributed by atoms with E-state index in [1.807, 2.05) is 24.3 Å². The first-order valence-corrected chi connectivity index (χ1v) is 6.21. The van der Waals surface area contributed by atoms with E-state index in [1.165, 1.54) is 11.0 Å². The van der Waals surface area contributed by atoms with E-state index in [4.69, 9.17) is 10.4 Å². The van der Waals surface area contributed by atoms with Gasteiger partial charge < -0.3 is 5.11 Å². The third-order valence-electron chi connectivity index (χ3n) is 2.13. The molecule has 1 aromatic carbocycles. The lowest BCUT2D eigenvalue weighted by Gasteiger charge is -2.02. The van der Waals surface area contributed by atoms with Gasteiger partial charge in [0.2, 0.25) is 0 Å². The average molecular weight is 233 g/mol. The lowest BCUT2D eigenvalue weighted by Crippen LogP contribution is -1.91. The molecule has 0 atom stereocenters. The Kier molecular flexibility index (Phi) is 6.39. The van der Waals surface area contributed by atoms with Crippen LogP contribution in [0.25, 0.3) is 0 Å². The largest absolute Gasteiger partial charge is 0.392 e. The Bertz CT molecular complexity index is 367. The van der Waals surface area contributed by atoms with Crippen LogP contribution in [0.15, 0.2) is 46.9 Å². The lowest BCUT2D eigenvalue weighted by molar-refractivity contribution is 0.326. The van der Waals surface area contributed by atoms with Crippen molar-refractivity contribution in [2.24, 2.45) is 0 Å². The second-order valence-corrected chi connectivity index (χ2v) is 4.52. The van der Waals surface area contributed by atoms with Gasteiger partial charge in [0.25, 0.3) is 0 Å². The highest BCUT2D eigenvalue weighted by atomic mass is 32.2. The highest BCUT2D eigenvalue weighted by molar-refractivity contribution is 7.99. The van der Waals surface area contributed by atoms with Crippen molar-refractivity contribution in [2.45, 2.75) is 17.7 Å². The van der Waals surface area contributed by atoms with Gasteiger partial charge in [0.1, 0.15) is 0 Å². The van der Waals surface area contributed by atoms with Crippen molar-refractivity contribution in [3.8, 4) is 6.07 Å². The molecule has 2 nitrogen and oxygen atoms in total. The minimum Gasteiger partial charge on any atom is -0.392 e. The molecule has 0 unspecified atom stereocenters. The third-order valence-corrected chi connectivity index (χ3v) is 3.22. The van der Waals surface area contributed by atoms with E-state index in [2.05, 4.69) is 12.1 Å². The van der Waals surface area contributed by atoms with Crippen LogP contribution in [0.2, 0.25) is 0 Å². The molecule has 0 aliphatic rings. The molecule has 0 aromatic heterocycles. The van der Waals surface area contributed by atoms with Gasteiger partial charge in [0.05, 0.1) is 12.7 Å². The molecule has 16 heavy (non-hydrogen) atoms. The summed E-state index contributed by atoms with van der Waals surface area (Å²) in [5, 5.41) is 17.4. The summed E-state index contributed by atoms with van der Waals surface area (Å²) in [4.78, 5) is 1.26. The van der Waals surface area contributed by atoms with E-state index in [1.54, 1.807) is 11.8 Å². The molecular formula is C13H15NOS. The Labute approximate surface area is 101 Å². The first-order valence-electron chi connectivity index (χ1n) is 5.23. The van der Waals surface area contributed by atoms with Crippen molar-refractivity contribution in [2.75, 3.05) is 12.4 Å². The maximum absolute atomic E-state index is 8.95. The maximum atomic E-state index is 8.95. The zero-order valence-electron chi connectivity index (χ0n) is 9.10. The number of rotatable bonds is 6. The number of aliphatic hydroxyl groups is 1. The summed E-state index contributed by atoms with van der Waals surface area (Å²) >= 11 is 1.80. The van der Waals surface area contributed by atoms with Crippen LogP contribution in [0.5, 0.6) is 0 Å². The van der Waals surface area contributed by atoms with E-state index in [0.717, 1.165) is 24.2 Å². The maximum Gasteiger partial charge on any atom is 0.0912 e. The Balaban J connectivity index is 2.22. The van der Waals surface area contributed by atoms with E-state index < -0.39 is 0 Å². The molecule has 0 radical (unpaired) electrons. The SMILES string of the molecule is N#C/C=C(/CO)CCCSc1ccccc1. The fourth-order valence-electron chi connectivity index (χ4n) is 1.29. The number of aliphatic hydroxyl groups excluding tert-OH is 1. The number of thioether (sulfide) groups is 1. The van der Waals surface area contributed by atoms with Gasteiger partial charge >= 0.3 is 0 Å². The van der Waals surface area contributed by atoms with Gasteiger partial charge in [0, 0.05) is 11.0 Å². The van der Waals surface area contributed by atoms with Crippen LogP contribution >= 0.6 is 11.8 Å². The number of hydrogen-bond donors (Lipinski definition) is 1. The fraction of sp³-hybridized carbons (Fsp3) is 0.308. The second-order valence-electron chi connectivity index (χ2n) is 3.35. The predicted octanol–water partition coefficient (Wildman–Crippen LogP) is 3.00. The quantitative estimate of drug-likeness (QED) is 0.466. The molecule has 0 bridgehead atoms. The van der Waals surface area contributed by atoms with Gasteiger partial charge in [-0.3, -0.25) is 0 Å². The summed E-state index contributed by atoms with van der Waals surface area (Å²) in [6.07, 6.45) is 3.21. The number of nitriles is 1. The van der Waals surface area contributed by atoms with Crippen molar-refractivity contribution in [3.63, 3.8) is 0 Å². The van der Waals surface area contributed by atoms with Crippen molar-refractivity contribution in [1.29, 1.82) is 5.26 Å². The zero-order chi connectivity index (χ0) is 11.6. The van der Waals surface area contributed by atoms with Gasteiger partial charge in [-0.05, 0) is 36.3 Å². The number of nitrogens with zero attached hydrogens (tertiary/aromatic N) is 1. The standard InChI is InChI=1S/C13H15NOS/c14-9-8-12(11-15)5-4-10-16-13-6-2-1-3-7-13/h1-3,6-8,15H,4-5,10-11H2/b12-8+. The number of benzene rings is 1. The Morgan fingerprint density at radius 3 is 2.75 bits per heavy atom. The lowest BCUT2D eigenvalue weighted by atomic mass is 10.1. The molecule has 84 valence electrons. The summed E-state index contributed by atoms with van der Waals surface area (Å²) in [7, 11) is 0. The van der Waals surface area contributed by atoms with Crippen molar-refractivity contribution in [1.82, 2.24) is 0 Å². The normalized spacial score (nSPS) is 11.1. The minimum absolute atomic E-state index is 0.0104. The first-order chi connectivity index (χ1) is 7.86. The molecule has 0 spiro atoms. The first kappa shape index (κ1) is 12.8. The van der Waals surface area contributed by atoms with Crippen LogP contribution in [0.1, 0.15) is 12.8 Å². The number of hydrogen-bond acceptors (Lipinski definition) is 3. The van der Waals surface area contributed by atoms with E-state index in [0.29, 0.717) is 0 Å². The second kappa shape index (κ2) is 7.98. The highest BCUT2D eigenvalue weighted by Crippen LogP contribution is 2.19. The zero-order valence-corrected chi connectivity index (χ0v) is 9.91. The van der Waals surface area contributed by atoms with Crippen LogP contribution in [0, 0.1) is 11.3 Å². The molecule has 0 saturated carbocycles. The summed E-state index contributed by atoms with van der Waals surface area (Å²) in [5.41, 5.74) is 0.816.